The summed E-state index contributed by atoms with van der Waals surface area (Å²) in [7, 11) is -3.97. The fourth-order valence-corrected chi connectivity index (χ4v) is 8.31. The lowest BCUT2D eigenvalue weighted by molar-refractivity contribution is -0.143. The third-order valence-corrected chi connectivity index (χ3v) is 10.4. The van der Waals surface area contributed by atoms with Crippen LogP contribution in [-0.2, 0) is 26.0 Å². The molecule has 3 aromatic rings. The Morgan fingerprint density at radius 2 is 1.50 bits per heavy atom. The van der Waals surface area contributed by atoms with Crippen molar-refractivity contribution in [3.63, 3.8) is 0 Å². The molecule has 9 nitrogen and oxygen atoms in total. The molecule has 3 aromatic carbocycles. The van der Waals surface area contributed by atoms with Crippen molar-refractivity contribution in [1.29, 1.82) is 0 Å². The van der Waals surface area contributed by atoms with Gasteiger partial charge in [-0.25, -0.2) is 13.2 Å². The number of amides is 2. The third kappa shape index (κ3) is 6.17. The van der Waals surface area contributed by atoms with Crippen LogP contribution in [0.2, 0.25) is 10.0 Å². The number of carbonyl (C=O) groups is 3. The Morgan fingerprint density at radius 3 is 2.10 bits per heavy atom. The first kappa shape index (κ1) is 30.0. The first-order chi connectivity index (χ1) is 20.1. The summed E-state index contributed by atoms with van der Waals surface area (Å²) < 4.78 is 28.6. The van der Waals surface area contributed by atoms with Gasteiger partial charge in [0, 0.05) is 18.2 Å². The number of carboxylic acid groups (broad SMARTS) is 1. The molecule has 2 saturated heterocycles. The Kier molecular flexibility index (Phi) is 8.89. The summed E-state index contributed by atoms with van der Waals surface area (Å²) in [5.41, 5.74) is 1.17. The van der Waals surface area contributed by atoms with Crippen LogP contribution < -0.4 is 10.6 Å². The second kappa shape index (κ2) is 12.4. The molecule has 0 spiro atoms. The van der Waals surface area contributed by atoms with Crippen molar-refractivity contribution in [3.8, 4) is 0 Å². The Hall–Kier alpha value is -3.44. The van der Waals surface area contributed by atoms with Crippen molar-refractivity contribution in [2.24, 2.45) is 5.92 Å². The van der Waals surface area contributed by atoms with Gasteiger partial charge in [-0.2, -0.15) is 4.31 Å². The van der Waals surface area contributed by atoms with Crippen LogP contribution in [0.1, 0.15) is 41.6 Å². The number of carbonyl (C=O) groups excluding carboxylic acids is 2. The van der Waals surface area contributed by atoms with Crippen LogP contribution in [0.5, 0.6) is 0 Å². The van der Waals surface area contributed by atoms with Gasteiger partial charge >= 0.3 is 5.97 Å². The molecule has 3 aliphatic rings. The van der Waals surface area contributed by atoms with E-state index in [-0.39, 0.29) is 38.9 Å². The largest absolute Gasteiger partial charge is 0.480 e. The minimum Gasteiger partial charge on any atom is -0.480 e. The zero-order valence-electron chi connectivity index (χ0n) is 22.4. The van der Waals surface area contributed by atoms with E-state index in [9.17, 15) is 27.9 Å². The molecule has 1 aliphatic carbocycles. The molecule has 12 heteroatoms. The molecule has 2 atom stereocenters. The first-order valence-electron chi connectivity index (χ1n) is 13.5. The summed E-state index contributed by atoms with van der Waals surface area (Å²) in [6.07, 6.45) is 2.68. The fourth-order valence-electron chi connectivity index (χ4n) is 5.82. The lowest BCUT2D eigenvalue weighted by atomic mass is 9.76. The van der Waals surface area contributed by atoms with Gasteiger partial charge in [-0.1, -0.05) is 59.6 Å². The van der Waals surface area contributed by atoms with Gasteiger partial charge in [0.05, 0.1) is 20.5 Å². The number of halogens is 2. The predicted octanol–water partition coefficient (Wildman–Crippen LogP) is 4.99. The van der Waals surface area contributed by atoms with Gasteiger partial charge in [-0.15, -0.1) is 0 Å². The number of nitrogens with zero attached hydrogens (tertiary/aromatic N) is 1. The Morgan fingerprint density at radius 1 is 0.881 bits per heavy atom. The van der Waals surface area contributed by atoms with Crippen molar-refractivity contribution < 1.29 is 27.9 Å². The number of rotatable bonds is 9. The number of nitrogens with one attached hydrogen (secondary N) is 2. The minimum absolute atomic E-state index is 0.0438. The number of piperidine rings is 2. The smallest absolute Gasteiger partial charge is 0.326 e. The van der Waals surface area contributed by atoms with Crippen molar-refractivity contribution in [2.45, 2.75) is 55.1 Å². The minimum atomic E-state index is -3.97. The SMILES string of the molecule is O=C(Nc1ccc(C[C@H](NC(=O)[C@H]2C3CCC(CC3)N2S(=O)(=O)c2ccccc2)C(=O)O)cc1)c1c(Cl)cccc1Cl. The molecule has 2 amide bonds. The third-order valence-electron chi connectivity index (χ3n) is 7.87. The summed E-state index contributed by atoms with van der Waals surface area (Å²) in [5.74, 6) is -2.55. The number of fused-ring (bicyclic) bond motifs is 3. The van der Waals surface area contributed by atoms with Gasteiger partial charge in [0.2, 0.25) is 15.9 Å². The van der Waals surface area contributed by atoms with Gasteiger partial charge in [-0.3, -0.25) is 9.59 Å². The number of carboxylic acids is 1. The maximum atomic E-state index is 13.6. The lowest BCUT2D eigenvalue weighted by Gasteiger charge is -2.49. The summed E-state index contributed by atoms with van der Waals surface area (Å²) in [6, 6.07) is 16.6. The molecule has 3 fully saturated rings. The number of anilines is 1. The Bertz CT molecular complexity index is 1570. The van der Waals surface area contributed by atoms with E-state index < -0.39 is 39.9 Å². The average molecular weight is 631 g/mol. The molecule has 6 rings (SSSR count). The van der Waals surface area contributed by atoms with Crippen LogP contribution in [0.4, 0.5) is 5.69 Å². The van der Waals surface area contributed by atoms with E-state index in [0.717, 1.165) is 0 Å². The summed E-state index contributed by atoms with van der Waals surface area (Å²) in [5, 5.41) is 15.7. The van der Waals surface area contributed by atoms with Gasteiger partial charge in [0.15, 0.2) is 0 Å². The average Bonchev–Trinajstić information content (AvgIpc) is 2.98. The molecular weight excluding hydrogens is 601 g/mol. The molecule has 2 heterocycles. The van der Waals surface area contributed by atoms with Crippen LogP contribution in [-0.4, -0.2) is 53.7 Å². The molecule has 3 N–H and O–H groups in total. The van der Waals surface area contributed by atoms with Gasteiger partial charge in [0.25, 0.3) is 5.91 Å². The highest BCUT2D eigenvalue weighted by Gasteiger charge is 2.51. The quantitative estimate of drug-likeness (QED) is 0.305. The summed E-state index contributed by atoms with van der Waals surface area (Å²) in [6.45, 7) is 0. The Labute approximate surface area is 253 Å². The molecule has 0 radical (unpaired) electrons. The maximum Gasteiger partial charge on any atom is 0.326 e. The van der Waals surface area contributed by atoms with E-state index in [0.29, 0.717) is 36.9 Å². The second-order valence-corrected chi connectivity index (χ2v) is 13.2. The number of hydrogen-bond acceptors (Lipinski definition) is 5. The first-order valence-corrected chi connectivity index (χ1v) is 15.7. The van der Waals surface area contributed by atoms with Crippen LogP contribution in [0.25, 0.3) is 0 Å². The topological polar surface area (TPSA) is 133 Å². The highest BCUT2D eigenvalue weighted by atomic mass is 35.5. The monoisotopic (exact) mass is 629 g/mol. The molecule has 0 aromatic heterocycles. The normalized spacial score (nSPS) is 21.0. The van der Waals surface area contributed by atoms with Crippen LogP contribution >= 0.6 is 23.2 Å². The zero-order chi connectivity index (χ0) is 30.0. The molecule has 2 bridgehead atoms. The second-order valence-electron chi connectivity index (χ2n) is 10.5. The van der Waals surface area contributed by atoms with Crippen molar-refractivity contribution >= 4 is 56.7 Å². The van der Waals surface area contributed by atoms with Gasteiger partial charge < -0.3 is 15.7 Å². The number of hydrogen-bond donors (Lipinski definition) is 3. The maximum absolute atomic E-state index is 13.6. The predicted molar refractivity (Wildman–Crippen MR) is 159 cm³/mol. The van der Waals surface area contributed by atoms with Crippen LogP contribution in [0, 0.1) is 5.92 Å². The van der Waals surface area contributed by atoms with Gasteiger partial charge in [0.1, 0.15) is 12.1 Å². The van der Waals surface area contributed by atoms with E-state index in [2.05, 4.69) is 10.6 Å². The van der Waals surface area contributed by atoms with E-state index >= 15 is 0 Å². The standard InChI is InChI=1S/C30H29Cl2N3O6S/c31-23-7-4-8-24(32)26(23)28(36)33-20-13-9-18(10-14-20)17-25(30(38)39)34-29(37)27-19-11-15-21(16-12-19)35(27)42(40,41)22-5-2-1-3-6-22/h1-10,13-14,19,21,25,27H,11-12,15-17H2,(H,33,36)(H,34,37)(H,38,39)/t19?,21?,25-,27+/m0/s1. The zero-order valence-corrected chi connectivity index (χ0v) is 24.7. The van der Waals surface area contributed by atoms with E-state index in [1.165, 1.54) is 16.4 Å². The summed E-state index contributed by atoms with van der Waals surface area (Å²) >= 11 is 12.2. The highest BCUT2D eigenvalue weighted by molar-refractivity contribution is 7.89. The molecule has 2 aliphatic heterocycles. The molecule has 220 valence electrons. The van der Waals surface area contributed by atoms with Crippen LogP contribution in [0.15, 0.2) is 77.7 Å². The van der Waals surface area contributed by atoms with E-state index in [1.807, 2.05) is 0 Å². The van der Waals surface area contributed by atoms with Crippen LogP contribution in [0.3, 0.4) is 0 Å². The number of aliphatic carboxylic acids is 1. The van der Waals surface area contributed by atoms with Crippen molar-refractivity contribution in [3.05, 3.63) is 94.0 Å². The summed E-state index contributed by atoms with van der Waals surface area (Å²) in [4.78, 5) is 38.6. The van der Waals surface area contributed by atoms with Crippen molar-refractivity contribution in [2.75, 3.05) is 5.32 Å². The number of benzene rings is 3. The van der Waals surface area contributed by atoms with E-state index in [1.54, 1.807) is 60.7 Å². The Balaban J connectivity index is 1.30. The lowest BCUT2D eigenvalue weighted by Crippen LogP contribution is -2.63. The number of sulfonamides is 1. The highest BCUT2D eigenvalue weighted by Crippen LogP contribution is 2.42. The molecule has 0 unspecified atom stereocenters. The van der Waals surface area contributed by atoms with Gasteiger partial charge in [-0.05, 0) is 73.6 Å². The van der Waals surface area contributed by atoms with Crippen molar-refractivity contribution in [1.82, 2.24) is 9.62 Å². The fraction of sp³-hybridized carbons (Fsp3) is 0.300. The molecular formula is C30H29Cl2N3O6S. The molecule has 1 saturated carbocycles. The molecule has 42 heavy (non-hydrogen) atoms. The van der Waals surface area contributed by atoms with E-state index in [4.69, 9.17) is 23.2 Å².